The number of likely N-dealkylation sites (N-methyl/N-ethyl adjacent to an activating group) is 1. The van der Waals surface area contributed by atoms with Crippen molar-refractivity contribution < 1.29 is 19.8 Å². The number of hydrogen-bond donors (Lipinski definition) is 4. The second-order valence-corrected chi connectivity index (χ2v) is 9.27. The molecule has 4 N–H and O–H groups in total. The van der Waals surface area contributed by atoms with Gasteiger partial charge in [0.2, 0.25) is 11.2 Å². The molecule has 0 atom stereocenters. The molecule has 0 aliphatic rings. The largest absolute Gasteiger partial charge is 0.508 e. The van der Waals surface area contributed by atoms with Crippen LogP contribution in [0.4, 0.5) is 5.69 Å². The molecule has 10 heteroatoms. The van der Waals surface area contributed by atoms with Gasteiger partial charge in [-0.1, -0.05) is 36.4 Å². The number of rotatable bonds is 9. The molecule has 0 radical (unpaired) electrons. The Bertz CT molecular complexity index is 1480. The van der Waals surface area contributed by atoms with Gasteiger partial charge in [0, 0.05) is 30.1 Å². The number of aromatic nitrogens is 2. The van der Waals surface area contributed by atoms with Gasteiger partial charge >= 0.3 is 0 Å². The average Bonchev–Trinajstić information content (AvgIpc) is 2.92. The summed E-state index contributed by atoms with van der Waals surface area (Å²) < 4.78 is 0. The van der Waals surface area contributed by atoms with E-state index < -0.39 is 5.91 Å². The molecule has 0 spiro atoms. The standard InChI is InChI=1S/C29H28ClN5O4/c1-18-14-33-29(30)34-27(18)21-7-9-22(10-8-21)35(28(39)24-12-11-23(36)13-25(24)37)17-20-5-3-19(4-6-20)15-32-26(38)16-31-2/h3-14,31,36-37H,15-17H2,1-2H3,(H,32,38). The Labute approximate surface area is 231 Å². The highest BCUT2D eigenvalue weighted by Crippen LogP contribution is 2.30. The van der Waals surface area contributed by atoms with Crippen molar-refractivity contribution >= 4 is 29.1 Å². The number of halogens is 1. The number of phenols is 2. The Hall–Kier alpha value is -4.47. The number of nitrogens with zero attached hydrogens (tertiary/aromatic N) is 3. The van der Waals surface area contributed by atoms with Crippen LogP contribution in [0.2, 0.25) is 5.28 Å². The van der Waals surface area contributed by atoms with Crippen molar-refractivity contribution in [2.75, 3.05) is 18.5 Å². The van der Waals surface area contributed by atoms with Crippen molar-refractivity contribution in [3.63, 3.8) is 0 Å². The Morgan fingerprint density at radius 3 is 2.33 bits per heavy atom. The Kier molecular flexibility index (Phi) is 8.75. The van der Waals surface area contributed by atoms with Crippen LogP contribution in [0.3, 0.4) is 0 Å². The van der Waals surface area contributed by atoms with Crippen molar-refractivity contribution in [2.45, 2.75) is 20.0 Å². The van der Waals surface area contributed by atoms with Crippen LogP contribution in [-0.2, 0) is 17.9 Å². The molecule has 0 aliphatic carbocycles. The number of phenolic OH excluding ortho intramolecular Hbond substituents is 2. The summed E-state index contributed by atoms with van der Waals surface area (Å²) in [5, 5.41) is 25.8. The van der Waals surface area contributed by atoms with Crippen molar-refractivity contribution in [2.24, 2.45) is 0 Å². The van der Waals surface area contributed by atoms with Crippen LogP contribution in [0.5, 0.6) is 11.5 Å². The van der Waals surface area contributed by atoms with Gasteiger partial charge in [0.05, 0.1) is 24.3 Å². The maximum Gasteiger partial charge on any atom is 0.262 e. The van der Waals surface area contributed by atoms with Gasteiger partial charge in [-0.05, 0) is 66.5 Å². The first-order valence-electron chi connectivity index (χ1n) is 12.2. The summed E-state index contributed by atoms with van der Waals surface area (Å²) in [7, 11) is 1.71. The molecule has 0 aliphatic heterocycles. The lowest BCUT2D eigenvalue weighted by atomic mass is 10.1. The Morgan fingerprint density at radius 1 is 0.974 bits per heavy atom. The maximum atomic E-state index is 13.6. The van der Waals surface area contributed by atoms with E-state index in [9.17, 15) is 19.8 Å². The molecule has 3 aromatic carbocycles. The first-order chi connectivity index (χ1) is 18.7. The highest BCUT2D eigenvalue weighted by Gasteiger charge is 2.22. The number of benzene rings is 3. The van der Waals surface area contributed by atoms with Crippen LogP contribution in [0.1, 0.15) is 27.0 Å². The fraction of sp³-hybridized carbons (Fsp3) is 0.172. The topological polar surface area (TPSA) is 128 Å². The fourth-order valence-corrected chi connectivity index (χ4v) is 4.14. The predicted molar refractivity (Wildman–Crippen MR) is 150 cm³/mol. The molecule has 4 aromatic rings. The van der Waals surface area contributed by atoms with Crippen molar-refractivity contribution in [3.8, 4) is 22.8 Å². The van der Waals surface area contributed by atoms with Crippen LogP contribution in [0.15, 0.2) is 72.9 Å². The third kappa shape index (κ3) is 6.90. The molecule has 9 nitrogen and oxygen atoms in total. The van der Waals surface area contributed by atoms with Gasteiger partial charge in [-0.2, -0.15) is 0 Å². The van der Waals surface area contributed by atoms with Gasteiger partial charge in [-0.3, -0.25) is 9.59 Å². The monoisotopic (exact) mass is 545 g/mol. The third-order valence-electron chi connectivity index (χ3n) is 6.04. The molecule has 0 fully saturated rings. The van der Waals surface area contributed by atoms with Crippen LogP contribution in [-0.4, -0.2) is 45.6 Å². The number of aromatic hydroxyl groups is 2. The quantitative estimate of drug-likeness (QED) is 0.232. The number of hydrogen-bond acceptors (Lipinski definition) is 7. The zero-order chi connectivity index (χ0) is 27.9. The number of nitrogens with one attached hydrogen (secondary N) is 2. The summed E-state index contributed by atoms with van der Waals surface area (Å²) in [4.78, 5) is 35.2. The van der Waals surface area contributed by atoms with E-state index in [0.717, 1.165) is 28.3 Å². The lowest BCUT2D eigenvalue weighted by molar-refractivity contribution is -0.120. The summed E-state index contributed by atoms with van der Waals surface area (Å²) in [5.74, 6) is -1.00. The van der Waals surface area contributed by atoms with E-state index in [0.29, 0.717) is 17.9 Å². The predicted octanol–water partition coefficient (Wildman–Crippen LogP) is 4.20. The van der Waals surface area contributed by atoms with Gasteiger partial charge in [-0.15, -0.1) is 0 Å². The second kappa shape index (κ2) is 12.4. The molecule has 0 saturated heterocycles. The number of anilines is 1. The van der Waals surface area contributed by atoms with E-state index in [2.05, 4.69) is 20.6 Å². The van der Waals surface area contributed by atoms with E-state index in [1.807, 2.05) is 43.3 Å². The highest BCUT2D eigenvalue weighted by molar-refractivity contribution is 6.28. The summed E-state index contributed by atoms with van der Waals surface area (Å²) in [6.07, 6.45) is 1.65. The van der Waals surface area contributed by atoms with Gasteiger partial charge in [0.1, 0.15) is 11.5 Å². The SMILES string of the molecule is CNCC(=O)NCc1ccc(CN(C(=O)c2ccc(O)cc2O)c2ccc(-c3nc(Cl)ncc3C)cc2)cc1. The minimum atomic E-state index is -0.440. The van der Waals surface area contributed by atoms with Gasteiger partial charge < -0.3 is 25.7 Å². The van der Waals surface area contributed by atoms with E-state index in [1.165, 1.54) is 12.1 Å². The van der Waals surface area contributed by atoms with Crippen LogP contribution in [0.25, 0.3) is 11.3 Å². The van der Waals surface area contributed by atoms with Gasteiger partial charge in [0.25, 0.3) is 5.91 Å². The minimum Gasteiger partial charge on any atom is -0.508 e. The molecule has 0 unspecified atom stereocenters. The molecule has 1 aromatic heterocycles. The number of carbonyl (C=O) groups excluding carboxylic acids is 2. The molecule has 2 amide bonds. The van der Waals surface area contributed by atoms with E-state index >= 15 is 0 Å². The average molecular weight is 546 g/mol. The van der Waals surface area contributed by atoms with Crippen molar-refractivity contribution in [1.82, 2.24) is 20.6 Å². The molecule has 0 saturated carbocycles. The van der Waals surface area contributed by atoms with Crippen LogP contribution < -0.4 is 15.5 Å². The zero-order valence-electron chi connectivity index (χ0n) is 21.5. The molecular formula is C29H28ClN5O4. The van der Waals surface area contributed by atoms with Gasteiger partial charge in [-0.25, -0.2) is 9.97 Å². The molecule has 0 bridgehead atoms. The molecule has 39 heavy (non-hydrogen) atoms. The number of carbonyl (C=O) groups is 2. The summed E-state index contributed by atoms with van der Waals surface area (Å²) in [6, 6.07) is 18.7. The fourth-order valence-electron chi connectivity index (χ4n) is 4.01. The first-order valence-corrected chi connectivity index (χ1v) is 12.6. The van der Waals surface area contributed by atoms with E-state index in [-0.39, 0.29) is 41.3 Å². The lowest BCUT2D eigenvalue weighted by Gasteiger charge is -2.24. The summed E-state index contributed by atoms with van der Waals surface area (Å²) >= 11 is 5.99. The first kappa shape index (κ1) is 27.6. The Balaban J connectivity index is 1.62. The van der Waals surface area contributed by atoms with Crippen LogP contribution >= 0.6 is 11.6 Å². The lowest BCUT2D eigenvalue weighted by Crippen LogP contribution is -2.31. The third-order valence-corrected chi connectivity index (χ3v) is 6.22. The zero-order valence-corrected chi connectivity index (χ0v) is 22.2. The van der Waals surface area contributed by atoms with E-state index in [1.54, 1.807) is 30.3 Å². The summed E-state index contributed by atoms with van der Waals surface area (Å²) in [6.45, 7) is 2.72. The Morgan fingerprint density at radius 2 is 1.67 bits per heavy atom. The molecule has 1 heterocycles. The maximum absolute atomic E-state index is 13.6. The highest BCUT2D eigenvalue weighted by atomic mass is 35.5. The second-order valence-electron chi connectivity index (χ2n) is 8.93. The van der Waals surface area contributed by atoms with Gasteiger partial charge in [0.15, 0.2) is 0 Å². The molecular weight excluding hydrogens is 518 g/mol. The molecule has 4 rings (SSSR count). The van der Waals surface area contributed by atoms with E-state index in [4.69, 9.17) is 11.6 Å². The van der Waals surface area contributed by atoms with Crippen molar-refractivity contribution in [1.29, 1.82) is 0 Å². The number of amides is 2. The minimum absolute atomic E-state index is 0.0548. The van der Waals surface area contributed by atoms with Crippen molar-refractivity contribution in [3.05, 3.63) is 100 Å². The molecule has 200 valence electrons. The smallest absolute Gasteiger partial charge is 0.262 e. The van der Waals surface area contributed by atoms with Crippen LogP contribution in [0, 0.1) is 6.92 Å². The normalized spacial score (nSPS) is 10.7. The summed E-state index contributed by atoms with van der Waals surface area (Å²) in [5.41, 5.74) is 4.76. The number of aryl methyl sites for hydroxylation is 1.